The van der Waals surface area contributed by atoms with E-state index < -0.39 is 0 Å². The van der Waals surface area contributed by atoms with Gasteiger partial charge in [0.25, 0.3) is 0 Å². The molecule has 0 bridgehead atoms. The quantitative estimate of drug-likeness (QED) is 0.219. The second-order valence-corrected chi connectivity index (χ2v) is 0. The fourth-order valence-electron chi connectivity index (χ4n) is 0. The van der Waals surface area contributed by atoms with Gasteiger partial charge in [-0.15, -0.1) is 0 Å². The van der Waals surface area contributed by atoms with Gasteiger partial charge in [-0.25, -0.2) is 0 Å². The first kappa shape index (κ1) is 36.1. The molecule has 0 radical (unpaired) electrons. The van der Waals surface area contributed by atoms with Crippen LogP contribution in [0.25, 0.3) is 0 Å². The Hall–Kier alpha value is 5.63. The summed E-state index contributed by atoms with van der Waals surface area (Å²) < 4.78 is 0. The molecule has 52 valence electrons. The third-order valence-corrected chi connectivity index (χ3v) is 0. The van der Waals surface area contributed by atoms with Gasteiger partial charge in [-0.3, -0.25) is 0 Å². The first-order chi connectivity index (χ1) is 4.00. The summed E-state index contributed by atoms with van der Waals surface area (Å²) in [6, 6.07) is 0. The Morgan fingerprint density at radius 1 is 0.500 bits per heavy atom. The Balaban J connectivity index is -0.00000000500. The van der Waals surface area contributed by atoms with E-state index in [-0.39, 0.29) is 37.1 Å². The molecular weight excluding hydrogens is 737 g/mol. The number of hydrogen-bond donors (Lipinski definition) is 0. The van der Waals surface area contributed by atoms with Crippen LogP contribution in [-0.2, 0) is 19.5 Å². The largest absolute Gasteiger partial charge is 2.00 e. The maximum atomic E-state index is 2.31. The average Bonchev–Trinajstić information content (AvgIpc) is 2.03. The molecule has 0 aliphatic heterocycles. The zero-order chi connectivity index (χ0) is 8.00. The smallest absolute Gasteiger partial charge is 2.00 e. The van der Waals surface area contributed by atoms with Gasteiger partial charge in [0.1, 0.15) is 0 Å². The van der Waals surface area contributed by atoms with Crippen LogP contribution >= 0.6 is 0 Å². The van der Waals surface area contributed by atoms with Gasteiger partial charge in [0.05, 0.1) is 0 Å². The standard InChI is InChI=1S/4As2H.GeH2.Zn/c4*1-2;;/h4*1H;1H2;/q4*-1;2*+2. The van der Waals surface area contributed by atoms with Crippen molar-refractivity contribution in [3.8, 4) is 0 Å². The van der Waals surface area contributed by atoms with Crippen molar-refractivity contribution in [1.82, 2.24) is 0 Å². The number of hydrogen-bond acceptors (Lipinski definition) is 0. The molecule has 0 fully saturated rings. The van der Waals surface area contributed by atoms with Gasteiger partial charge in [-0.2, -0.15) is 0 Å². The van der Waals surface area contributed by atoms with Crippen LogP contribution in [0.5, 0.6) is 0 Å². The molecule has 10 heteroatoms. The zero-order valence-corrected chi connectivity index (χ0v) is 27.0. The minimum Gasteiger partial charge on any atom is 2.00 e. The summed E-state index contributed by atoms with van der Waals surface area (Å²) in [7, 11) is 0. The van der Waals surface area contributed by atoms with Crippen molar-refractivity contribution in [3.05, 3.63) is 0 Å². The van der Waals surface area contributed by atoms with Crippen molar-refractivity contribution in [2.75, 3.05) is 0 Å². The summed E-state index contributed by atoms with van der Waals surface area (Å²) >= 11 is 17.0. The van der Waals surface area contributed by atoms with E-state index in [9.17, 15) is 0 Å². The summed E-state index contributed by atoms with van der Waals surface area (Å²) in [5.41, 5.74) is 0. The molecule has 0 aliphatic carbocycles. The maximum Gasteiger partial charge on any atom is 2.00 e. The first-order valence-electron chi connectivity index (χ1n) is 0.894. The average molecular weight is 743 g/mol. The topological polar surface area (TPSA) is 0 Å². The number of rotatable bonds is 0. The summed E-state index contributed by atoms with van der Waals surface area (Å²) in [5.74, 6) is 0. The molecule has 0 N–H and O–H groups in total. The van der Waals surface area contributed by atoms with Gasteiger partial charge in [0, 0.05) is 0 Å². The van der Waals surface area contributed by atoms with E-state index >= 15 is 0 Å². The van der Waals surface area contributed by atoms with Crippen LogP contribution in [0.15, 0.2) is 0 Å². The predicted octanol–water partition coefficient (Wildman–Crippen LogP) is -5.04. The molecule has 0 saturated heterocycles. The van der Waals surface area contributed by atoms with Gasteiger partial charge in [0.2, 0.25) is 0 Å². The molecule has 0 heterocycles. The van der Waals surface area contributed by atoms with Gasteiger partial charge in [0.15, 0.2) is 0 Å². The molecule has 0 nitrogen and oxygen atoms in total. The molecule has 10 heavy (non-hydrogen) atoms. The third kappa shape index (κ3) is 68.6. The Kier molecular flexibility index (Phi) is 309. The van der Waals surface area contributed by atoms with Crippen LogP contribution in [0.2, 0.25) is 0 Å². The fraction of sp³-hybridized carbons (Fsp3) is 0. The molecular formula is H6As8GeZn. The second kappa shape index (κ2) is 85.7. The van der Waals surface area contributed by atoms with E-state index in [0.717, 1.165) is 0 Å². The third-order valence-electron chi connectivity index (χ3n) is 0. The van der Waals surface area contributed by atoms with E-state index in [1.165, 1.54) is 0 Å². The van der Waals surface area contributed by atoms with E-state index in [4.69, 9.17) is 0 Å². The van der Waals surface area contributed by atoms with Gasteiger partial charge in [-0.1, -0.05) is 0 Å². The predicted molar refractivity (Wildman–Crippen MR) is 60.2 cm³/mol. The summed E-state index contributed by atoms with van der Waals surface area (Å²) in [6.07, 6.45) is 0. The Bertz CT molecular complexity index is 17.2. The minimum atomic E-state index is 0. The summed E-state index contributed by atoms with van der Waals surface area (Å²) in [6.45, 7) is 0. The van der Waals surface area contributed by atoms with Crippen LogP contribution in [0.1, 0.15) is 0 Å². The molecule has 0 spiro atoms. The van der Waals surface area contributed by atoms with Crippen molar-refractivity contribution < 1.29 is 19.5 Å². The van der Waals surface area contributed by atoms with Crippen LogP contribution in [0.4, 0.5) is 0 Å². The SMILES string of the molecule is [As-]=[AsH].[As-]=[AsH].[As-]=[AsH].[As-]=[AsH].[GeH2+2].[Zn+2]. The normalized spacial score (nSPS) is 1.60. The molecule has 0 amide bonds. The Morgan fingerprint density at radius 3 is 0.500 bits per heavy atom. The molecule has 0 aromatic heterocycles. The van der Waals surface area contributed by atoms with Crippen molar-refractivity contribution in [2.24, 2.45) is 0 Å². The first-order valence-corrected chi connectivity index (χ1v) is 24.1. The molecule has 0 aromatic rings. The molecule has 0 aromatic carbocycles. The minimum absolute atomic E-state index is 0. The van der Waals surface area contributed by atoms with Gasteiger partial charge in [-0.05, 0) is 0 Å². The van der Waals surface area contributed by atoms with Crippen molar-refractivity contribution in [3.63, 3.8) is 0 Å². The molecule has 0 unspecified atom stereocenters. The van der Waals surface area contributed by atoms with Crippen molar-refractivity contribution >= 4 is 132 Å². The van der Waals surface area contributed by atoms with Gasteiger partial charge >= 0.3 is 151 Å². The van der Waals surface area contributed by atoms with E-state index in [2.05, 4.69) is 57.0 Å². The van der Waals surface area contributed by atoms with E-state index in [1.54, 1.807) is 0 Å². The van der Waals surface area contributed by atoms with Crippen LogP contribution in [0.3, 0.4) is 0 Å². The van der Waals surface area contributed by atoms with Crippen molar-refractivity contribution in [2.45, 2.75) is 0 Å². The maximum absolute atomic E-state index is 2.31. The fourth-order valence-corrected chi connectivity index (χ4v) is 0. The molecule has 0 atom stereocenters. The monoisotopic (exact) mass is 743 g/mol. The second-order valence-electron chi connectivity index (χ2n) is 0. The Labute approximate surface area is 147 Å². The van der Waals surface area contributed by atoms with Gasteiger partial charge < -0.3 is 0 Å². The summed E-state index contributed by atoms with van der Waals surface area (Å²) in [4.78, 5) is 0. The van der Waals surface area contributed by atoms with Crippen LogP contribution in [-0.4, -0.2) is 132 Å². The molecule has 0 rings (SSSR count). The molecule has 0 saturated carbocycles. The van der Waals surface area contributed by atoms with E-state index in [0.29, 0.717) is 0 Å². The van der Waals surface area contributed by atoms with Crippen LogP contribution < -0.4 is 0 Å². The van der Waals surface area contributed by atoms with Crippen molar-refractivity contribution in [1.29, 1.82) is 0 Å². The van der Waals surface area contributed by atoms with E-state index in [1.807, 2.05) is 57.0 Å². The Morgan fingerprint density at radius 2 is 0.500 bits per heavy atom. The van der Waals surface area contributed by atoms with Crippen LogP contribution in [0, 0.1) is 0 Å². The molecule has 0 aliphatic rings. The summed E-state index contributed by atoms with van der Waals surface area (Å²) in [5, 5.41) is 0. The zero-order valence-electron chi connectivity index (χ0n) is 5.20.